The SMILES string of the molecule is CCCCNC(=O)c1ccccc1NC(=O)CN(c1ccc(C(C)(C)C)cc1)S(C)(=O)=O. The van der Waals surface area contributed by atoms with Gasteiger partial charge in [-0.3, -0.25) is 13.9 Å². The zero-order valence-corrected chi connectivity index (χ0v) is 20.3. The summed E-state index contributed by atoms with van der Waals surface area (Å²) in [4.78, 5) is 25.2. The quantitative estimate of drug-likeness (QED) is 0.556. The largest absolute Gasteiger partial charge is 0.352 e. The molecule has 0 saturated heterocycles. The Morgan fingerprint density at radius 2 is 1.62 bits per heavy atom. The lowest BCUT2D eigenvalue weighted by Gasteiger charge is -2.24. The molecule has 0 saturated carbocycles. The van der Waals surface area contributed by atoms with Gasteiger partial charge in [-0.2, -0.15) is 0 Å². The predicted molar refractivity (Wildman–Crippen MR) is 130 cm³/mol. The van der Waals surface area contributed by atoms with Crippen LogP contribution in [0.3, 0.4) is 0 Å². The van der Waals surface area contributed by atoms with Crippen LogP contribution in [0.5, 0.6) is 0 Å². The highest BCUT2D eigenvalue weighted by atomic mass is 32.2. The fourth-order valence-electron chi connectivity index (χ4n) is 3.11. The number of nitrogens with zero attached hydrogens (tertiary/aromatic N) is 1. The molecule has 0 unspecified atom stereocenters. The fourth-order valence-corrected chi connectivity index (χ4v) is 3.97. The van der Waals surface area contributed by atoms with Gasteiger partial charge in [0.05, 0.1) is 23.2 Å². The maximum atomic E-state index is 12.8. The molecule has 0 aliphatic rings. The first-order valence-corrected chi connectivity index (χ1v) is 12.5. The van der Waals surface area contributed by atoms with Gasteiger partial charge in [0, 0.05) is 6.54 Å². The van der Waals surface area contributed by atoms with Crippen molar-refractivity contribution in [1.82, 2.24) is 5.32 Å². The van der Waals surface area contributed by atoms with Gasteiger partial charge in [-0.1, -0.05) is 58.4 Å². The predicted octanol–water partition coefficient (Wildman–Crippen LogP) is 3.92. The van der Waals surface area contributed by atoms with Crippen LogP contribution in [-0.4, -0.2) is 39.6 Å². The van der Waals surface area contributed by atoms with Crippen LogP contribution in [-0.2, 0) is 20.2 Å². The third kappa shape index (κ3) is 7.09. The van der Waals surface area contributed by atoms with Crippen LogP contribution in [0.25, 0.3) is 0 Å². The summed E-state index contributed by atoms with van der Waals surface area (Å²) in [5.41, 5.74) is 2.05. The maximum Gasteiger partial charge on any atom is 0.253 e. The van der Waals surface area contributed by atoms with E-state index in [9.17, 15) is 18.0 Å². The van der Waals surface area contributed by atoms with Crippen LogP contribution >= 0.6 is 0 Å². The van der Waals surface area contributed by atoms with Gasteiger partial charge in [-0.25, -0.2) is 8.42 Å². The van der Waals surface area contributed by atoms with E-state index < -0.39 is 22.5 Å². The molecule has 8 heteroatoms. The van der Waals surface area contributed by atoms with Crippen LogP contribution in [0.1, 0.15) is 56.5 Å². The van der Waals surface area contributed by atoms with Crippen LogP contribution < -0.4 is 14.9 Å². The molecule has 0 spiro atoms. The van der Waals surface area contributed by atoms with E-state index in [0.29, 0.717) is 23.5 Å². The van der Waals surface area contributed by atoms with Gasteiger partial charge in [0.1, 0.15) is 6.54 Å². The molecule has 2 amide bonds. The normalized spacial score (nSPS) is 11.7. The second-order valence-electron chi connectivity index (χ2n) is 8.77. The lowest BCUT2D eigenvalue weighted by atomic mass is 9.87. The molecule has 0 heterocycles. The zero-order valence-electron chi connectivity index (χ0n) is 19.4. The van der Waals surface area contributed by atoms with Gasteiger partial charge >= 0.3 is 0 Å². The van der Waals surface area contributed by atoms with Gasteiger partial charge in [0.25, 0.3) is 5.91 Å². The first-order valence-electron chi connectivity index (χ1n) is 10.7. The van der Waals surface area contributed by atoms with Gasteiger partial charge in [-0.05, 0) is 41.7 Å². The molecule has 0 aliphatic carbocycles. The zero-order chi connectivity index (χ0) is 23.9. The average molecular weight is 460 g/mol. The van der Waals surface area contributed by atoms with Crippen LogP contribution in [0.2, 0.25) is 0 Å². The Labute approximate surface area is 191 Å². The molecule has 2 N–H and O–H groups in total. The molecule has 2 rings (SSSR count). The third-order valence-electron chi connectivity index (χ3n) is 4.97. The molecule has 0 aliphatic heterocycles. The highest BCUT2D eigenvalue weighted by Crippen LogP contribution is 2.26. The number of hydrogen-bond donors (Lipinski definition) is 2. The number of hydrogen-bond acceptors (Lipinski definition) is 4. The van der Waals surface area contributed by atoms with Crippen molar-refractivity contribution in [2.24, 2.45) is 0 Å². The van der Waals surface area contributed by atoms with E-state index in [4.69, 9.17) is 0 Å². The highest BCUT2D eigenvalue weighted by molar-refractivity contribution is 7.92. The Hall–Kier alpha value is -2.87. The van der Waals surface area contributed by atoms with E-state index in [2.05, 4.69) is 31.4 Å². The number of sulfonamides is 1. The molecule has 0 radical (unpaired) electrons. The van der Waals surface area contributed by atoms with E-state index in [1.807, 2.05) is 19.1 Å². The van der Waals surface area contributed by atoms with Crippen molar-refractivity contribution in [3.05, 3.63) is 59.7 Å². The van der Waals surface area contributed by atoms with Crippen molar-refractivity contribution in [1.29, 1.82) is 0 Å². The Balaban J connectivity index is 2.20. The third-order valence-corrected chi connectivity index (χ3v) is 6.11. The van der Waals surface area contributed by atoms with E-state index >= 15 is 0 Å². The topological polar surface area (TPSA) is 95.6 Å². The number of rotatable bonds is 9. The smallest absolute Gasteiger partial charge is 0.253 e. The number of carbonyl (C=O) groups excluding carboxylic acids is 2. The summed E-state index contributed by atoms with van der Waals surface area (Å²) in [6.07, 6.45) is 2.88. The van der Waals surface area contributed by atoms with E-state index in [-0.39, 0.29) is 11.3 Å². The first kappa shape index (κ1) is 25.4. The van der Waals surface area contributed by atoms with Crippen molar-refractivity contribution >= 4 is 33.2 Å². The molecule has 0 bridgehead atoms. The number of benzene rings is 2. The average Bonchev–Trinajstić information content (AvgIpc) is 2.71. The van der Waals surface area contributed by atoms with Gasteiger partial charge < -0.3 is 10.6 Å². The summed E-state index contributed by atoms with van der Waals surface area (Å²) in [6.45, 7) is 8.38. The first-order chi connectivity index (χ1) is 14.9. The van der Waals surface area contributed by atoms with Gasteiger partial charge in [0.2, 0.25) is 15.9 Å². The van der Waals surface area contributed by atoms with Crippen molar-refractivity contribution in [2.45, 2.75) is 46.0 Å². The number of unbranched alkanes of at least 4 members (excludes halogenated alkanes) is 1. The Morgan fingerprint density at radius 1 is 1.00 bits per heavy atom. The summed E-state index contributed by atoms with van der Waals surface area (Å²) in [6, 6.07) is 13.8. The summed E-state index contributed by atoms with van der Waals surface area (Å²) in [7, 11) is -3.70. The molecular formula is C24H33N3O4S. The molecule has 0 aromatic heterocycles. The van der Waals surface area contributed by atoms with Crippen LogP contribution in [0.4, 0.5) is 11.4 Å². The molecule has 32 heavy (non-hydrogen) atoms. The minimum absolute atomic E-state index is 0.0762. The van der Waals surface area contributed by atoms with Crippen molar-refractivity contribution in [2.75, 3.05) is 29.0 Å². The molecule has 2 aromatic carbocycles. The number of amides is 2. The van der Waals surface area contributed by atoms with E-state index in [0.717, 1.165) is 29.0 Å². The summed E-state index contributed by atoms with van der Waals surface area (Å²) >= 11 is 0. The lowest BCUT2D eigenvalue weighted by Crippen LogP contribution is -2.37. The summed E-state index contributed by atoms with van der Waals surface area (Å²) in [5.74, 6) is -0.823. The maximum absolute atomic E-state index is 12.8. The molecule has 2 aromatic rings. The molecule has 0 atom stereocenters. The highest BCUT2D eigenvalue weighted by Gasteiger charge is 2.23. The molecule has 7 nitrogen and oxygen atoms in total. The van der Waals surface area contributed by atoms with Crippen molar-refractivity contribution in [3.63, 3.8) is 0 Å². The number of carbonyl (C=O) groups is 2. The Bertz CT molecular complexity index is 1040. The second kappa shape index (κ2) is 10.6. The summed E-state index contributed by atoms with van der Waals surface area (Å²) < 4.78 is 25.9. The number of anilines is 2. The van der Waals surface area contributed by atoms with Gasteiger partial charge in [0.15, 0.2) is 0 Å². The lowest BCUT2D eigenvalue weighted by molar-refractivity contribution is -0.114. The Kier molecular flexibility index (Phi) is 8.44. The fraction of sp³-hybridized carbons (Fsp3) is 0.417. The second-order valence-corrected chi connectivity index (χ2v) is 10.7. The van der Waals surface area contributed by atoms with Crippen LogP contribution in [0, 0.1) is 0 Å². The Morgan fingerprint density at radius 3 is 2.19 bits per heavy atom. The summed E-state index contributed by atoms with van der Waals surface area (Å²) in [5, 5.41) is 5.51. The van der Waals surface area contributed by atoms with Crippen molar-refractivity contribution in [3.8, 4) is 0 Å². The standard InChI is InChI=1S/C24H33N3O4S/c1-6-7-16-25-23(29)20-10-8-9-11-21(20)26-22(28)17-27(32(5,30)31)19-14-12-18(13-15-19)24(2,3)4/h8-15H,6-7,16-17H2,1-5H3,(H,25,29)(H,26,28). The van der Waals surface area contributed by atoms with Gasteiger partial charge in [-0.15, -0.1) is 0 Å². The minimum atomic E-state index is -3.70. The number of nitrogens with one attached hydrogen (secondary N) is 2. The van der Waals surface area contributed by atoms with Crippen molar-refractivity contribution < 1.29 is 18.0 Å². The minimum Gasteiger partial charge on any atom is -0.352 e. The molecule has 174 valence electrons. The molecular weight excluding hydrogens is 426 g/mol. The van der Waals surface area contributed by atoms with E-state index in [1.54, 1.807) is 36.4 Å². The monoisotopic (exact) mass is 459 g/mol. The number of para-hydroxylation sites is 1. The van der Waals surface area contributed by atoms with E-state index in [1.165, 1.54) is 0 Å². The molecule has 0 fully saturated rings. The van der Waals surface area contributed by atoms with Crippen LogP contribution in [0.15, 0.2) is 48.5 Å².